The Morgan fingerprint density at radius 2 is 1.89 bits per heavy atom. The summed E-state index contributed by atoms with van der Waals surface area (Å²) in [7, 11) is 0. The Hall–Kier alpha value is -1.06. The molecule has 1 aromatic rings. The van der Waals surface area contributed by atoms with Crippen molar-refractivity contribution in [1.82, 2.24) is 10.2 Å². The van der Waals surface area contributed by atoms with Crippen molar-refractivity contribution in [3.05, 3.63) is 35.4 Å². The molecular formula is C14H19ClN2O. The summed E-state index contributed by atoms with van der Waals surface area (Å²) in [5.74, 6) is 0.520. The van der Waals surface area contributed by atoms with Crippen molar-refractivity contribution in [2.24, 2.45) is 5.92 Å². The van der Waals surface area contributed by atoms with Gasteiger partial charge in [0.2, 0.25) is 5.91 Å². The second-order valence-electron chi connectivity index (χ2n) is 5.01. The number of carbonyl (C=O) groups excluding carboxylic acids is 1. The van der Waals surface area contributed by atoms with Crippen LogP contribution in [0.15, 0.2) is 24.3 Å². The summed E-state index contributed by atoms with van der Waals surface area (Å²) in [5, 5.41) is 3.31. The van der Waals surface area contributed by atoms with E-state index in [1.807, 2.05) is 4.90 Å². The fourth-order valence-electron chi connectivity index (χ4n) is 2.81. The molecule has 0 saturated carbocycles. The number of halogens is 1. The topological polar surface area (TPSA) is 32.3 Å². The summed E-state index contributed by atoms with van der Waals surface area (Å²) in [5.41, 5.74) is 2.62. The molecule has 3 rings (SSSR count). The van der Waals surface area contributed by atoms with Crippen LogP contribution in [0.1, 0.15) is 24.0 Å². The lowest BCUT2D eigenvalue weighted by Gasteiger charge is -2.26. The number of piperidine rings is 1. The molecule has 1 amide bonds. The van der Waals surface area contributed by atoms with Gasteiger partial charge in [-0.05, 0) is 30.5 Å². The third-order valence-electron chi connectivity index (χ3n) is 3.80. The second kappa shape index (κ2) is 5.72. The predicted octanol–water partition coefficient (Wildman–Crippen LogP) is 1.95. The zero-order valence-corrected chi connectivity index (χ0v) is 11.2. The van der Waals surface area contributed by atoms with Crippen LogP contribution in [-0.4, -0.2) is 23.9 Å². The van der Waals surface area contributed by atoms with E-state index in [9.17, 15) is 4.79 Å². The molecule has 2 aliphatic heterocycles. The van der Waals surface area contributed by atoms with E-state index in [4.69, 9.17) is 0 Å². The minimum atomic E-state index is 0. The average molecular weight is 267 g/mol. The second-order valence-corrected chi connectivity index (χ2v) is 5.01. The number of fused-ring (bicyclic) bond motifs is 1. The van der Waals surface area contributed by atoms with Crippen LogP contribution in [0.4, 0.5) is 0 Å². The van der Waals surface area contributed by atoms with Crippen LogP contribution in [0.25, 0.3) is 0 Å². The molecule has 1 aromatic carbocycles. The van der Waals surface area contributed by atoms with Gasteiger partial charge < -0.3 is 10.2 Å². The molecule has 0 radical (unpaired) electrons. The van der Waals surface area contributed by atoms with Crippen molar-refractivity contribution >= 4 is 18.3 Å². The molecule has 1 fully saturated rings. The molecule has 1 atom stereocenters. The van der Waals surface area contributed by atoms with Gasteiger partial charge in [-0.3, -0.25) is 4.79 Å². The molecule has 3 nitrogen and oxygen atoms in total. The van der Waals surface area contributed by atoms with Gasteiger partial charge >= 0.3 is 0 Å². The van der Waals surface area contributed by atoms with Crippen LogP contribution in [0.3, 0.4) is 0 Å². The number of amides is 1. The van der Waals surface area contributed by atoms with E-state index in [1.165, 1.54) is 11.1 Å². The average Bonchev–Trinajstić information content (AvgIpc) is 2.82. The zero-order valence-electron chi connectivity index (χ0n) is 10.4. The minimum absolute atomic E-state index is 0. The summed E-state index contributed by atoms with van der Waals surface area (Å²) in [6.07, 6.45) is 2.16. The molecule has 0 spiro atoms. The number of hydrogen-bond acceptors (Lipinski definition) is 2. The minimum Gasteiger partial charge on any atom is -0.334 e. The van der Waals surface area contributed by atoms with Crippen molar-refractivity contribution < 1.29 is 4.79 Å². The van der Waals surface area contributed by atoms with E-state index in [1.54, 1.807) is 0 Å². The maximum Gasteiger partial charge on any atom is 0.227 e. The smallest absolute Gasteiger partial charge is 0.227 e. The van der Waals surface area contributed by atoms with Crippen LogP contribution in [0.5, 0.6) is 0 Å². The Kier molecular flexibility index (Phi) is 4.25. The maximum absolute atomic E-state index is 12.4. The van der Waals surface area contributed by atoms with Gasteiger partial charge in [-0.2, -0.15) is 0 Å². The van der Waals surface area contributed by atoms with Crippen molar-refractivity contribution in [2.45, 2.75) is 25.9 Å². The van der Waals surface area contributed by atoms with E-state index in [-0.39, 0.29) is 18.3 Å². The van der Waals surface area contributed by atoms with Crippen molar-refractivity contribution in [1.29, 1.82) is 0 Å². The van der Waals surface area contributed by atoms with Gasteiger partial charge in [-0.1, -0.05) is 24.3 Å². The summed E-state index contributed by atoms with van der Waals surface area (Å²) in [6.45, 7) is 3.51. The molecular weight excluding hydrogens is 248 g/mol. The summed E-state index contributed by atoms with van der Waals surface area (Å²) >= 11 is 0. The van der Waals surface area contributed by atoms with Gasteiger partial charge in [0.1, 0.15) is 0 Å². The third-order valence-corrected chi connectivity index (χ3v) is 3.80. The molecule has 4 heteroatoms. The number of rotatable bonds is 1. The Labute approximate surface area is 114 Å². The van der Waals surface area contributed by atoms with E-state index >= 15 is 0 Å². The van der Waals surface area contributed by atoms with E-state index < -0.39 is 0 Å². The highest BCUT2D eigenvalue weighted by Crippen LogP contribution is 2.25. The molecule has 1 N–H and O–H groups in total. The summed E-state index contributed by atoms with van der Waals surface area (Å²) in [4.78, 5) is 14.4. The van der Waals surface area contributed by atoms with Crippen LogP contribution in [0.2, 0.25) is 0 Å². The number of nitrogens with zero attached hydrogens (tertiary/aromatic N) is 1. The molecule has 98 valence electrons. The highest BCUT2D eigenvalue weighted by atomic mass is 35.5. The number of hydrogen-bond donors (Lipinski definition) is 1. The first-order chi connectivity index (χ1) is 8.34. The van der Waals surface area contributed by atoms with Crippen molar-refractivity contribution in [3.8, 4) is 0 Å². The lowest BCUT2D eigenvalue weighted by Crippen LogP contribution is -2.40. The van der Waals surface area contributed by atoms with Crippen molar-refractivity contribution in [3.63, 3.8) is 0 Å². The number of benzene rings is 1. The van der Waals surface area contributed by atoms with Crippen LogP contribution in [-0.2, 0) is 17.9 Å². The van der Waals surface area contributed by atoms with Gasteiger partial charge in [-0.25, -0.2) is 0 Å². The highest BCUT2D eigenvalue weighted by molar-refractivity contribution is 5.85. The first kappa shape index (κ1) is 13.4. The first-order valence-electron chi connectivity index (χ1n) is 6.41. The van der Waals surface area contributed by atoms with E-state index in [0.29, 0.717) is 5.91 Å². The van der Waals surface area contributed by atoms with Gasteiger partial charge in [-0.15, -0.1) is 12.4 Å². The van der Waals surface area contributed by atoms with Crippen LogP contribution >= 0.6 is 12.4 Å². The molecule has 0 aromatic heterocycles. The van der Waals surface area contributed by atoms with Crippen molar-refractivity contribution in [2.75, 3.05) is 13.1 Å². The quantitative estimate of drug-likeness (QED) is 0.843. The number of carbonyl (C=O) groups is 1. The zero-order chi connectivity index (χ0) is 11.7. The van der Waals surface area contributed by atoms with Gasteiger partial charge in [0.05, 0.1) is 5.92 Å². The first-order valence-corrected chi connectivity index (χ1v) is 6.41. The lowest BCUT2D eigenvalue weighted by atomic mass is 9.98. The summed E-state index contributed by atoms with van der Waals surface area (Å²) in [6, 6.07) is 8.35. The largest absolute Gasteiger partial charge is 0.334 e. The van der Waals surface area contributed by atoms with E-state index in [0.717, 1.165) is 39.0 Å². The Morgan fingerprint density at radius 1 is 1.22 bits per heavy atom. The fourth-order valence-corrected chi connectivity index (χ4v) is 2.81. The summed E-state index contributed by atoms with van der Waals surface area (Å²) < 4.78 is 0. The SMILES string of the molecule is Cl.O=C([C@@H]1CCCNC1)N1Cc2ccccc2C1. The Bertz CT molecular complexity index is 405. The molecule has 18 heavy (non-hydrogen) atoms. The van der Waals surface area contributed by atoms with Crippen LogP contribution < -0.4 is 5.32 Å². The normalized spacial score (nSPS) is 22.2. The third kappa shape index (κ3) is 2.52. The highest BCUT2D eigenvalue weighted by Gasteiger charge is 2.29. The lowest BCUT2D eigenvalue weighted by molar-refractivity contribution is -0.136. The molecule has 2 aliphatic rings. The van der Waals surface area contributed by atoms with Gasteiger partial charge in [0.15, 0.2) is 0 Å². The van der Waals surface area contributed by atoms with Gasteiger partial charge in [0, 0.05) is 19.6 Å². The molecule has 0 aliphatic carbocycles. The maximum atomic E-state index is 12.4. The molecule has 2 heterocycles. The Balaban J connectivity index is 0.00000120. The molecule has 0 bridgehead atoms. The standard InChI is InChI=1S/C14H18N2O.ClH/c17-14(11-6-3-7-15-8-11)16-9-12-4-1-2-5-13(12)10-16;/h1-2,4-5,11,15H,3,6-10H2;1H/t11-;/m1./s1. The van der Waals surface area contributed by atoms with Gasteiger partial charge in [0.25, 0.3) is 0 Å². The monoisotopic (exact) mass is 266 g/mol. The predicted molar refractivity (Wildman–Crippen MR) is 73.5 cm³/mol. The number of nitrogens with one attached hydrogen (secondary N) is 1. The van der Waals surface area contributed by atoms with Crippen LogP contribution in [0, 0.1) is 5.92 Å². The molecule has 1 saturated heterocycles. The Morgan fingerprint density at radius 3 is 2.44 bits per heavy atom. The fraction of sp³-hybridized carbons (Fsp3) is 0.500. The van der Waals surface area contributed by atoms with E-state index in [2.05, 4.69) is 29.6 Å². The molecule has 0 unspecified atom stereocenters.